The molecule has 2 aromatic rings. The zero-order valence-electron chi connectivity index (χ0n) is 33.8. The molecule has 1 aliphatic rings. The average Bonchev–Trinajstić information content (AvgIpc) is 2.90. The van der Waals surface area contributed by atoms with Crippen LogP contribution in [0, 0.1) is 16.7 Å². The first kappa shape index (κ1) is 40.9. The van der Waals surface area contributed by atoms with Crippen LogP contribution in [0.15, 0.2) is 24.3 Å². The number of phenolic OH excluding ortho intramolecular Hbond substituents is 2. The number of benzene rings is 2. The van der Waals surface area contributed by atoms with Gasteiger partial charge in [-0.2, -0.15) is 5.26 Å². The van der Waals surface area contributed by atoms with Gasteiger partial charge in [0.2, 0.25) is 6.41 Å². The molecule has 2 aromatic carbocycles. The van der Waals surface area contributed by atoms with Crippen molar-refractivity contribution in [3.8, 4) is 17.6 Å². The number of carbonyl (C=O) groups excluding carboxylic acids is 2. The van der Waals surface area contributed by atoms with Gasteiger partial charge in [-0.05, 0) is 82.7 Å². The Labute approximate surface area is 302 Å². The number of ether oxygens (including phenoxy) is 1. The molecule has 0 bridgehead atoms. The Hall–Kier alpha value is -3.53. The lowest BCUT2D eigenvalue weighted by atomic mass is 9.72. The van der Waals surface area contributed by atoms with Gasteiger partial charge in [0.25, 0.3) is 0 Å². The second kappa shape index (κ2) is 13.2. The van der Waals surface area contributed by atoms with Gasteiger partial charge < -0.3 is 19.8 Å². The van der Waals surface area contributed by atoms with Crippen LogP contribution in [0.4, 0.5) is 0 Å². The summed E-state index contributed by atoms with van der Waals surface area (Å²) in [6.45, 7) is 32.4. The molecule has 7 nitrogen and oxygen atoms in total. The summed E-state index contributed by atoms with van der Waals surface area (Å²) in [5.41, 5.74) is 0.140. The monoisotopic (exact) mass is 688 g/mol. The third kappa shape index (κ3) is 8.49. The lowest BCUT2D eigenvalue weighted by molar-refractivity contribution is -0.169. The third-order valence-corrected chi connectivity index (χ3v) is 10.3. The fourth-order valence-corrected chi connectivity index (χ4v) is 7.74. The minimum atomic E-state index is -1.64. The first-order valence-corrected chi connectivity index (χ1v) is 18.0. The molecule has 276 valence electrons. The summed E-state index contributed by atoms with van der Waals surface area (Å²) >= 11 is 0. The molecule has 0 unspecified atom stereocenters. The number of hydrogen-bond acceptors (Lipinski definition) is 6. The van der Waals surface area contributed by atoms with E-state index in [9.17, 15) is 25.1 Å². The summed E-state index contributed by atoms with van der Waals surface area (Å²) in [5.74, 6) is -0.150. The summed E-state index contributed by atoms with van der Waals surface area (Å²) in [6, 6.07) is 10.2. The molecular formula is C43H64N2O5. The Bertz CT molecular complexity index is 1480. The van der Waals surface area contributed by atoms with E-state index in [0.29, 0.717) is 12.8 Å². The Kier molecular flexibility index (Phi) is 10.8. The number of amides is 1. The number of likely N-dealkylation sites (tertiary alicyclic amines) is 1. The highest BCUT2D eigenvalue weighted by Gasteiger charge is 2.49. The largest absolute Gasteiger partial charge is 0.507 e. The standard InChI is InChI=1S/C43H64N2O5/c1-37(2,3)30-17-27(18-31(34(30)47)38(4,5)6)21-43(25-44,36(49)50-29-23-41(13,14)45(26-46)42(15,16)24-29)22-28-19-32(39(7,8)9)35(48)33(20-28)40(10,11)12/h17-20,26,29,47-48H,21-24H2,1-16H3. The minimum absolute atomic E-state index is 0.0608. The van der Waals surface area contributed by atoms with Crippen LogP contribution in [0.3, 0.4) is 0 Å². The number of piperidine rings is 1. The maximum absolute atomic E-state index is 14.8. The summed E-state index contributed by atoms with van der Waals surface area (Å²) in [7, 11) is 0. The van der Waals surface area contributed by atoms with Crippen LogP contribution in [-0.4, -0.2) is 44.7 Å². The van der Waals surface area contributed by atoms with Crippen molar-refractivity contribution in [1.82, 2.24) is 4.90 Å². The van der Waals surface area contributed by atoms with Gasteiger partial charge in [-0.3, -0.25) is 9.59 Å². The number of aromatic hydroxyl groups is 2. The zero-order valence-corrected chi connectivity index (χ0v) is 33.8. The summed E-state index contributed by atoms with van der Waals surface area (Å²) < 4.78 is 6.39. The predicted molar refractivity (Wildman–Crippen MR) is 202 cm³/mol. The molecule has 0 atom stereocenters. The first-order chi connectivity index (χ1) is 22.4. The molecule has 1 amide bonds. The molecule has 0 aromatic heterocycles. The van der Waals surface area contributed by atoms with Gasteiger partial charge in [-0.25, -0.2) is 0 Å². The van der Waals surface area contributed by atoms with E-state index in [1.54, 1.807) is 4.90 Å². The third-order valence-electron chi connectivity index (χ3n) is 10.3. The molecule has 1 heterocycles. The second-order valence-electron chi connectivity index (χ2n) is 20.2. The second-order valence-corrected chi connectivity index (χ2v) is 20.2. The van der Waals surface area contributed by atoms with Crippen molar-refractivity contribution in [3.63, 3.8) is 0 Å². The topological polar surface area (TPSA) is 111 Å². The molecule has 50 heavy (non-hydrogen) atoms. The lowest BCUT2D eigenvalue weighted by Gasteiger charge is -2.53. The molecule has 1 aliphatic heterocycles. The number of phenols is 2. The highest BCUT2D eigenvalue weighted by molar-refractivity contribution is 5.81. The quantitative estimate of drug-likeness (QED) is 0.222. The predicted octanol–water partition coefficient (Wildman–Crippen LogP) is 9.30. The highest BCUT2D eigenvalue weighted by atomic mass is 16.5. The van der Waals surface area contributed by atoms with Crippen LogP contribution in [0.25, 0.3) is 0 Å². The average molecular weight is 689 g/mol. The van der Waals surface area contributed by atoms with E-state index in [4.69, 9.17) is 4.74 Å². The number of nitrogens with zero attached hydrogens (tertiary/aromatic N) is 2. The van der Waals surface area contributed by atoms with Crippen molar-refractivity contribution in [2.24, 2.45) is 5.41 Å². The molecule has 0 spiro atoms. The zero-order chi connectivity index (χ0) is 38.6. The van der Waals surface area contributed by atoms with Crippen molar-refractivity contribution in [3.05, 3.63) is 57.6 Å². The van der Waals surface area contributed by atoms with Crippen LogP contribution in [0.5, 0.6) is 11.5 Å². The lowest BCUT2D eigenvalue weighted by Crippen LogP contribution is -2.61. The van der Waals surface area contributed by atoms with Gasteiger partial charge in [0.05, 0.1) is 6.07 Å². The van der Waals surface area contributed by atoms with Crippen molar-refractivity contribution in [2.75, 3.05) is 0 Å². The van der Waals surface area contributed by atoms with Gasteiger partial charge in [-0.1, -0.05) is 107 Å². The summed E-state index contributed by atoms with van der Waals surface area (Å²) in [5, 5.41) is 34.1. The summed E-state index contributed by atoms with van der Waals surface area (Å²) in [4.78, 5) is 28.7. The smallest absolute Gasteiger partial charge is 0.327 e. The Morgan fingerprint density at radius 2 is 1.04 bits per heavy atom. The van der Waals surface area contributed by atoms with Crippen LogP contribution in [0.1, 0.15) is 157 Å². The van der Waals surface area contributed by atoms with Crippen LogP contribution in [-0.2, 0) is 48.8 Å². The van der Waals surface area contributed by atoms with E-state index in [-0.39, 0.29) is 24.3 Å². The number of nitriles is 1. The highest BCUT2D eigenvalue weighted by Crippen LogP contribution is 2.45. The number of hydrogen-bond donors (Lipinski definition) is 2. The van der Waals surface area contributed by atoms with E-state index in [1.807, 2.05) is 135 Å². The maximum Gasteiger partial charge on any atom is 0.327 e. The van der Waals surface area contributed by atoms with E-state index in [2.05, 4.69) is 6.07 Å². The van der Waals surface area contributed by atoms with Crippen molar-refractivity contribution in [2.45, 2.75) is 175 Å². The molecule has 1 saturated heterocycles. The van der Waals surface area contributed by atoms with Gasteiger partial charge in [0, 0.05) is 36.8 Å². The summed E-state index contributed by atoms with van der Waals surface area (Å²) in [6.07, 6.45) is 1.35. The van der Waals surface area contributed by atoms with Gasteiger partial charge in [-0.15, -0.1) is 0 Å². The van der Waals surface area contributed by atoms with Gasteiger partial charge in [0.15, 0.2) is 5.41 Å². The van der Waals surface area contributed by atoms with Gasteiger partial charge >= 0.3 is 5.97 Å². The van der Waals surface area contributed by atoms with Crippen LogP contribution < -0.4 is 0 Å². The van der Waals surface area contributed by atoms with Crippen LogP contribution >= 0.6 is 0 Å². The molecule has 2 N–H and O–H groups in total. The normalized spacial score (nSPS) is 17.3. The Balaban J connectivity index is 2.30. The van der Waals surface area contributed by atoms with Crippen molar-refractivity contribution >= 4 is 12.4 Å². The molecule has 1 fully saturated rings. The van der Waals surface area contributed by atoms with E-state index in [1.165, 1.54) is 0 Å². The minimum Gasteiger partial charge on any atom is -0.507 e. The maximum atomic E-state index is 14.8. The Morgan fingerprint density at radius 3 is 1.28 bits per heavy atom. The fourth-order valence-electron chi connectivity index (χ4n) is 7.74. The fraction of sp³-hybridized carbons (Fsp3) is 0.651. The number of rotatable bonds is 7. The van der Waals surface area contributed by atoms with Crippen molar-refractivity contribution in [1.29, 1.82) is 5.26 Å². The molecule has 3 rings (SSSR count). The first-order valence-electron chi connectivity index (χ1n) is 18.0. The number of esters is 1. The van der Waals surface area contributed by atoms with E-state index in [0.717, 1.165) is 39.8 Å². The van der Waals surface area contributed by atoms with Gasteiger partial charge in [0.1, 0.15) is 17.6 Å². The van der Waals surface area contributed by atoms with Crippen LogP contribution in [0.2, 0.25) is 0 Å². The number of carbonyl (C=O) groups is 2. The molecule has 7 heteroatoms. The SMILES string of the molecule is CC(C)(C)c1cc(CC(C#N)(Cc2cc(C(C)(C)C)c(O)c(C(C)(C)C)c2)C(=O)OC2CC(C)(C)N(C=O)C(C)(C)C2)cc(C(C)(C)C)c1O. The van der Waals surface area contributed by atoms with E-state index >= 15 is 0 Å². The van der Waals surface area contributed by atoms with Crippen molar-refractivity contribution < 1.29 is 24.5 Å². The Morgan fingerprint density at radius 1 is 0.740 bits per heavy atom. The molecular weight excluding hydrogens is 624 g/mol. The van der Waals surface area contributed by atoms with E-state index < -0.39 is 50.2 Å². The molecule has 0 radical (unpaired) electrons. The molecule has 0 saturated carbocycles. The molecule has 0 aliphatic carbocycles.